The van der Waals surface area contributed by atoms with Crippen LogP contribution < -0.4 is 5.32 Å². The van der Waals surface area contributed by atoms with Crippen LogP contribution in [0.25, 0.3) is 0 Å². The van der Waals surface area contributed by atoms with E-state index in [0.29, 0.717) is 22.9 Å². The van der Waals surface area contributed by atoms with Crippen LogP contribution in [0.15, 0.2) is 0 Å². The highest BCUT2D eigenvalue weighted by atomic mass is 15.3. The molecule has 124 valence electrons. The summed E-state index contributed by atoms with van der Waals surface area (Å²) in [6.07, 6.45) is 5.42. The number of piperazine rings is 1. The van der Waals surface area contributed by atoms with Gasteiger partial charge in [-0.2, -0.15) is 0 Å². The van der Waals surface area contributed by atoms with Crippen LogP contribution in [0.5, 0.6) is 0 Å². The molecule has 0 radical (unpaired) electrons. The van der Waals surface area contributed by atoms with Gasteiger partial charge in [0, 0.05) is 31.2 Å². The minimum Gasteiger partial charge on any atom is -0.311 e. The predicted octanol–water partition coefficient (Wildman–Crippen LogP) is 4.30. The lowest BCUT2D eigenvalue weighted by molar-refractivity contribution is -0.00997. The molecule has 2 atom stereocenters. The van der Waals surface area contributed by atoms with E-state index in [4.69, 9.17) is 0 Å². The average molecular weight is 295 g/mol. The van der Waals surface area contributed by atoms with Gasteiger partial charge in [-0.05, 0) is 49.4 Å². The second kappa shape index (κ2) is 6.20. The van der Waals surface area contributed by atoms with Crippen LogP contribution in [0.3, 0.4) is 0 Å². The Morgan fingerprint density at radius 2 is 1.67 bits per heavy atom. The minimum atomic E-state index is 0.491. The summed E-state index contributed by atoms with van der Waals surface area (Å²) in [4.78, 5) is 2.84. The van der Waals surface area contributed by atoms with Crippen LogP contribution in [-0.2, 0) is 0 Å². The molecule has 2 nitrogen and oxygen atoms in total. The fourth-order valence-electron chi connectivity index (χ4n) is 5.21. The Bertz CT molecular complexity index is 329. The topological polar surface area (TPSA) is 15.3 Å². The third-order valence-corrected chi connectivity index (χ3v) is 5.46. The van der Waals surface area contributed by atoms with Crippen LogP contribution in [0, 0.1) is 16.7 Å². The molecule has 21 heavy (non-hydrogen) atoms. The number of nitrogens with zero attached hydrogens (tertiary/aromatic N) is 1. The van der Waals surface area contributed by atoms with E-state index < -0.39 is 0 Å². The van der Waals surface area contributed by atoms with E-state index in [9.17, 15) is 0 Å². The third kappa shape index (κ3) is 4.69. The van der Waals surface area contributed by atoms with Crippen molar-refractivity contribution < 1.29 is 0 Å². The third-order valence-electron chi connectivity index (χ3n) is 5.46. The number of nitrogens with one attached hydrogen (secondary N) is 1. The van der Waals surface area contributed by atoms with Crippen molar-refractivity contribution >= 4 is 0 Å². The van der Waals surface area contributed by atoms with Gasteiger partial charge in [-0.3, -0.25) is 4.90 Å². The van der Waals surface area contributed by atoms with Gasteiger partial charge in [0.1, 0.15) is 0 Å². The monoisotopic (exact) mass is 294 g/mol. The van der Waals surface area contributed by atoms with Gasteiger partial charge < -0.3 is 5.32 Å². The standard InChI is InChI=1S/C19H38N2/c1-14(2)8-16-12-21(15(3)11-20-16)17-9-18(4,5)13-19(6,7)10-17/h14-17,20H,8-13H2,1-7H3. The normalized spacial score (nSPS) is 34.3. The van der Waals surface area contributed by atoms with Crippen molar-refractivity contribution in [2.24, 2.45) is 16.7 Å². The van der Waals surface area contributed by atoms with Crippen molar-refractivity contribution in [2.45, 2.75) is 92.3 Å². The summed E-state index contributed by atoms with van der Waals surface area (Å²) in [5.74, 6) is 0.789. The van der Waals surface area contributed by atoms with Crippen molar-refractivity contribution in [2.75, 3.05) is 13.1 Å². The first kappa shape index (κ1) is 17.3. The Kier molecular flexibility index (Phi) is 5.10. The molecule has 2 unspecified atom stereocenters. The number of rotatable bonds is 3. The lowest BCUT2D eigenvalue weighted by Gasteiger charge is -2.52. The Balaban J connectivity index is 2.07. The number of hydrogen-bond acceptors (Lipinski definition) is 2. The maximum Gasteiger partial charge on any atom is 0.0198 e. The number of hydrogen-bond donors (Lipinski definition) is 1. The molecule has 0 amide bonds. The van der Waals surface area contributed by atoms with E-state index in [-0.39, 0.29) is 0 Å². The molecule has 0 aromatic heterocycles. The molecule has 1 N–H and O–H groups in total. The van der Waals surface area contributed by atoms with Gasteiger partial charge in [-0.25, -0.2) is 0 Å². The van der Waals surface area contributed by atoms with Gasteiger partial charge >= 0.3 is 0 Å². The van der Waals surface area contributed by atoms with Crippen LogP contribution in [0.1, 0.15) is 74.1 Å². The Morgan fingerprint density at radius 3 is 2.19 bits per heavy atom. The quantitative estimate of drug-likeness (QED) is 0.835. The van der Waals surface area contributed by atoms with Crippen molar-refractivity contribution in [3.8, 4) is 0 Å². The molecule has 1 aliphatic heterocycles. The van der Waals surface area contributed by atoms with Crippen molar-refractivity contribution in [1.82, 2.24) is 10.2 Å². The van der Waals surface area contributed by atoms with E-state index in [0.717, 1.165) is 18.5 Å². The zero-order chi connectivity index (χ0) is 15.8. The maximum atomic E-state index is 3.77. The van der Waals surface area contributed by atoms with Crippen molar-refractivity contribution in [3.05, 3.63) is 0 Å². The molecular formula is C19H38N2. The summed E-state index contributed by atoms with van der Waals surface area (Å²) in [5.41, 5.74) is 0.981. The second-order valence-corrected chi connectivity index (χ2v) is 9.85. The van der Waals surface area contributed by atoms with Gasteiger partial charge in [0.05, 0.1) is 0 Å². The lowest BCUT2D eigenvalue weighted by atomic mass is 9.63. The first-order valence-corrected chi connectivity index (χ1v) is 9.07. The smallest absolute Gasteiger partial charge is 0.0198 e. The van der Waals surface area contributed by atoms with E-state index in [1.54, 1.807) is 0 Å². The van der Waals surface area contributed by atoms with Crippen molar-refractivity contribution in [3.63, 3.8) is 0 Å². The summed E-state index contributed by atoms with van der Waals surface area (Å²) < 4.78 is 0. The Hall–Kier alpha value is -0.0800. The van der Waals surface area contributed by atoms with Gasteiger partial charge in [-0.15, -0.1) is 0 Å². The first-order valence-electron chi connectivity index (χ1n) is 9.07. The second-order valence-electron chi connectivity index (χ2n) is 9.85. The summed E-state index contributed by atoms with van der Waals surface area (Å²) in [6, 6.07) is 2.15. The highest BCUT2D eigenvalue weighted by Crippen LogP contribution is 2.47. The Labute approximate surface area is 133 Å². The largest absolute Gasteiger partial charge is 0.311 e. The molecule has 0 aromatic carbocycles. The molecule has 2 aliphatic rings. The summed E-state index contributed by atoms with van der Waals surface area (Å²) >= 11 is 0. The molecule has 0 aromatic rings. The molecule has 1 saturated carbocycles. The molecule has 2 rings (SSSR count). The molecule has 1 aliphatic carbocycles. The van der Waals surface area contributed by atoms with E-state index >= 15 is 0 Å². The lowest BCUT2D eigenvalue weighted by Crippen LogP contribution is -2.60. The fourth-order valence-corrected chi connectivity index (χ4v) is 5.21. The van der Waals surface area contributed by atoms with Gasteiger partial charge in [-0.1, -0.05) is 41.5 Å². The van der Waals surface area contributed by atoms with Gasteiger partial charge in [0.25, 0.3) is 0 Å². The van der Waals surface area contributed by atoms with E-state index in [2.05, 4.69) is 58.7 Å². The van der Waals surface area contributed by atoms with Crippen LogP contribution in [0.4, 0.5) is 0 Å². The van der Waals surface area contributed by atoms with Crippen LogP contribution in [-0.4, -0.2) is 36.1 Å². The Morgan fingerprint density at radius 1 is 1.10 bits per heavy atom. The van der Waals surface area contributed by atoms with Crippen molar-refractivity contribution in [1.29, 1.82) is 0 Å². The molecule has 0 bridgehead atoms. The molecule has 1 heterocycles. The molecule has 2 heteroatoms. The SMILES string of the molecule is CC(C)CC1CN(C2CC(C)(C)CC(C)(C)C2)C(C)CN1. The van der Waals surface area contributed by atoms with E-state index in [1.807, 2.05) is 0 Å². The molecule has 0 spiro atoms. The summed E-state index contributed by atoms with van der Waals surface area (Å²) in [6.45, 7) is 19.4. The van der Waals surface area contributed by atoms with Crippen LogP contribution in [0.2, 0.25) is 0 Å². The van der Waals surface area contributed by atoms with Gasteiger partial charge in [0.2, 0.25) is 0 Å². The summed E-state index contributed by atoms with van der Waals surface area (Å²) in [5, 5.41) is 3.77. The first-order chi connectivity index (χ1) is 9.58. The van der Waals surface area contributed by atoms with Gasteiger partial charge in [0.15, 0.2) is 0 Å². The predicted molar refractivity (Wildman–Crippen MR) is 92.6 cm³/mol. The molecule has 2 fully saturated rings. The molecule has 1 saturated heterocycles. The van der Waals surface area contributed by atoms with E-state index in [1.165, 1.54) is 32.2 Å². The highest BCUT2D eigenvalue weighted by Gasteiger charge is 2.42. The van der Waals surface area contributed by atoms with Crippen LogP contribution >= 0.6 is 0 Å². The zero-order valence-corrected chi connectivity index (χ0v) is 15.5. The highest BCUT2D eigenvalue weighted by molar-refractivity contribution is 4.97. The zero-order valence-electron chi connectivity index (χ0n) is 15.5. The fraction of sp³-hybridized carbons (Fsp3) is 1.00. The average Bonchev–Trinajstić information content (AvgIpc) is 2.26. The maximum absolute atomic E-state index is 3.77. The minimum absolute atomic E-state index is 0.491. The molecular weight excluding hydrogens is 256 g/mol. The summed E-state index contributed by atoms with van der Waals surface area (Å²) in [7, 11) is 0.